The molecule has 2 N–H and O–H groups in total. The number of rotatable bonds is 5. The summed E-state index contributed by atoms with van der Waals surface area (Å²) in [5.41, 5.74) is 10.3. The van der Waals surface area contributed by atoms with Gasteiger partial charge in [-0.05, 0) is 48.9 Å². The van der Waals surface area contributed by atoms with Gasteiger partial charge in [-0.25, -0.2) is 0 Å². The highest BCUT2D eigenvalue weighted by molar-refractivity contribution is 5.58. The van der Waals surface area contributed by atoms with Crippen molar-refractivity contribution < 1.29 is 0 Å². The van der Waals surface area contributed by atoms with Crippen LogP contribution in [-0.4, -0.2) is 38.6 Å². The molecule has 110 valence electrons. The van der Waals surface area contributed by atoms with Crippen LogP contribution in [0.5, 0.6) is 0 Å². The van der Waals surface area contributed by atoms with E-state index in [1.54, 1.807) is 0 Å². The van der Waals surface area contributed by atoms with Gasteiger partial charge < -0.3 is 10.6 Å². The molecule has 3 nitrogen and oxygen atoms in total. The first-order chi connectivity index (χ1) is 9.60. The fraction of sp³-hybridized carbons (Fsp3) is 0.647. The number of nitrogens with two attached hydrogens (primary N) is 1. The average Bonchev–Trinajstić information content (AvgIpc) is 2.98. The number of hydrogen-bond donors (Lipinski definition) is 1. The maximum absolute atomic E-state index is 6.06. The zero-order valence-electron chi connectivity index (χ0n) is 13.0. The van der Waals surface area contributed by atoms with Crippen molar-refractivity contribution in [3.63, 3.8) is 0 Å². The highest BCUT2D eigenvalue weighted by Crippen LogP contribution is 2.39. The maximum Gasteiger partial charge on any atom is 0.0467 e. The molecule has 3 heteroatoms. The number of benzene rings is 1. The fourth-order valence-electron chi connectivity index (χ4n) is 3.52. The smallest absolute Gasteiger partial charge is 0.0467 e. The van der Waals surface area contributed by atoms with Gasteiger partial charge in [-0.15, -0.1) is 0 Å². The molecular weight excluding hydrogens is 246 g/mol. The van der Waals surface area contributed by atoms with E-state index < -0.39 is 0 Å². The van der Waals surface area contributed by atoms with E-state index in [2.05, 4.69) is 49.0 Å². The Labute approximate surface area is 122 Å². The molecule has 0 radical (unpaired) electrons. The van der Waals surface area contributed by atoms with Crippen LogP contribution in [0.3, 0.4) is 0 Å². The van der Waals surface area contributed by atoms with E-state index in [1.807, 2.05) is 0 Å². The Morgan fingerprint density at radius 1 is 1.45 bits per heavy atom. The molecule has 1 aliphatic heterocycles. The highest BCUT2D eigenvalue weighted by Gasteiger charge is 2.34. The van der Waals surface area contributed by atoms with E-state index in [1.165, 1.54) is 36.2 Å². The van der Waals surface area contributed by atoms with Crippen molar-refractivity contribution in [2.24, 2.45) is 17.6 Å². The van der Waals surface area contributed by atoms with Crippen LogP contribution < -0.4 is 10.6 Å². The van der Waals surface area contributed by atoms with Crippen LogP contribution in [-0.2, 0) is 6.42 Å². The van der Waals surface area contributed by atoms with E-state index in [-0.39, 0.29) is 0 Å². The van der Waals surface area contributed by atoms with Gasteiger partial charge in [0.15, 0.2) is 0 Å². The van der Waals surface area contributed by atoms with Crippen molar-refractivity contribution in [3.05, 3.63) is 29.3 Å². The lowest BCUT2D eigenvalue weighted by atomic mass is 10.0. The summed E-state index contributed by atoms with van der Waals surface area (Å²) in [5, 5.41) is 0. The number of hydrogen-bond acceptors (Lipinski definition) is 3. The van der Waals surface area contributed by atoms with Crippen LogP contribution in [0.4, 0.5) is 5.69 Å². The summed E-state index contributed by atoms with van der Waals surface area (Å²) in [5.74, 6) is 1.79. The molecule has 1 saturated carbocycles. The molecule has 0 spiro atoms. The van der Waals surface area contributed by atoms with Crippen LogP contribution in [0.25, 0.3) is 0 Å². The molecule has 20 heavy (non-hydrogen) atoms. The normalized spacial score (nSPS) is 25.9. The standard InChI is InChI=1S/C17H27N3/c1-12-8-15(12)11-20(3)17(10-18)13-4-5-16-14(9-13)6-7-19(16)2/h4-5,9,12,15,17H,6-8,10-11,18H2,1-3H3. The van der Waals surface area contributed by atoms with Gasteiger partial charge in [-0.3, -0.25) is 4.90 Å². The monoisotopic (exact) mass is 273 g/mol. The lowest BCUT2D eigenvalue weighted by molar-refractivity contribution is 0.237. The third kappa shape index (κ3) is 2.57. The third-order valence-corrected chi connectivity index (χ3v) is 5.17. The van der Waals surface area contributed by atoms with E-state index in [0.29, 0.717) is 12.6 Å². The molecule has 0 bridgehead atoms. The van der Waals surface area contributed by atoms with E-state index >= 15 is 0 Å². The minimum absolute atomic E-state index is 0.360. The van der Waals surface area contributed by atoms with Crippen LogP contribution >= 0.6 is 0 Å². The molecule has 1 fully saturated rings. The Kier molecular flexibility index (Phi) is 3.74. The number of nitrogens with zero attached hydrogens (tertiary/aromatic N) is 2. The van der Waals surface area contributed by atoms with E-state index in [4.69, 9.17) is 5.73 Å². The zero-order valence-corrected chi connectivity index (χ0v) is 13.0. The van der Waals surface area contributed by atoms with E-state index in [9.17, 15) is 0 Å². The van der Waals surface area contributed by atoms with Gasteiger partial charge in [0, 0.05) is 38.4 Å². The van der Waals surface area contributed by atoms with Crippen LogP contribution in [0.15, 0.2) is 18.2 Å². The summed E-state index contributed by atoms with van der Waals surface area (Å²) in [6.45, 7) is 5.37. The minimum atomic E-state index is 0.360. The fourth-order valence-corrected chi connectivity index (χ4v) is 3.52. The third-order valence-electron chi connectivity index (χ3n) is 5.17. The van der Waals surface area contributed by atoms with Crippen molar-refractivity contribution in [1.29, 1.82) is 0 Å². The summed E-state index contributed by atoms with van der Waals surface area (Å²) >= 11 is 0. The molecule has 3 atom stereocenters. The molecule has 1 aromatic carbocycles. The van der Waals surface area contributed by atoms with Crippen molar-refractivity contribution in [2.75, 3.05) is 38.6 Å². The number of likely N-dealkylation sites (N-methyl/N-ethyl adjacent to an activating group) is 2. The quantitative estimate of drug-likeness (QED) is 0.893. The Bertz CT molecular complexity index is 485. The molecule has 1 heterocycles. The van der Waals surface area contributed by atoms with Crippen molar-refractivity contribution >= 4 is 5.69 Å². The topological polar surface area (TPSA) is 32.5 Å². The number of fused-ring (bicyclic) bond motifs is 1. The first-order valence-corrected chi connectivity index (χ1v) is 7.84. The highest BCUT2D eigenvalue weighted by atomic mass is 15.1. The molecule has 0 aromatic heterocycles. The second kappa shape index (κ2) is 5.38. The first-order valence-electron chi connectivity index (χ1n) is 7.84. The first kappa shape index (κ1) is 13.9. The van der Waals surface area contributed by atoms with Gasteiger partial charge in [-0.1, -0.05) is 19.1 Å². The summed E-state index contributed by atoms with van der Waals surface area (Å²) in [4.78, 5) is 4.79. The Hall–Kier alpha value is -1.06. The maximum atomic E-state index is 6.06. The van der Waals surface area contributed by atoms with Gasteiger partial charge in [0.1, 0.15) is 0 Å². The minimum Gasteiger partial charge on any atom is -0.374 e. The predicted molar refractivity (Wildman–Crippen MR) is 85.1 cm³/mol. The summed E-state index contributed by atoms with van der Waals surface area (Å²) in [6.07, 6.45) is 2.55. The molecule has 0 amide bonds. The Morgan fingerprint density at radius 2 is 2.20 bits per heavy atom. The molecule has 0 saturated heterocycles. The van der Waals surface area contributed by atoms with Crippen molar-refractivity contribution in [2.45, 2.75) is 25.8 Å². The predicted octanol–water partition coefficient (Wildman–Crippen LogP) is 2.27. The Morgan fingerprint density at radius 3 is 2.85 bits per heavy atom. The summed E-state index contributed by atoms with van der Waals surface area (Å²) in [6, 6.07) is 7.28. The summed E-state index contributed by atoms with van der Waals surface area (Å²) in [7, 11) is 4.40. The van der Waals surface area contributed by atoms with Gasteiger partial charge in [-0.2, -0.15) is 0 Å². The molecule has 3 unspecified atom stereocenters. The van der Waals surface area contributed by atoms with Gasteiger partial charge >= 0.3 is 0 Å². The van der Waals surface area contributed by atoms with Crippen LogP contribution in [0.2, 0.25) is 0 Å². The van der Waals surface area contributed by atoms with Gasteiger partial charge in [0.2, 0.25) is 0 Å². The molecule has 2 aliphatic rings. The van der Waals surface area contributed by atoms with Crippen molar-refractivity contribution in [3.8, 4) is 0 Å². The molecular formula is C17H27N3. The zero-order chi connectivity index (χ0) is 14.3. The molecule has 1 aliphatic carbocycles. The SMILES string of the molecule is CC1CC1CN(C)C(CN)c1ccc2c(c1)CCN2C. The molecule has 3 rings (SSSR count). The number of anilines is 1. The average molecular weight is 273 g/mol. The lowest BCUT2D eigenvalue weighted by Gasteiger charge is -2.28. The lowest BCUT2D eigenvalue weighted by Crippen LogP contribution is -2.32. The van der Waals surface area contributed by atoms with E-state index in [0.717, 1.165) is 18.4 Å². The summed E-state index contributed by atoms with van der Waals surface area (Å²) < 4.78 is 0. The largest absolute Gasteiger partial charge is 0.374 e. The van der Waals surface area contributed by atoms with Crippen LogP contribution in [0, 0.1) is 11.8 Å². The Balaban J connectivity index is 1.75. The second-order valence-electron chi connectivity index (χ2n) is 6.72. The second-order valence-corrected chi connectivity index (χ2v) is 6.72. The van der Waals surface area contributed by atoms with Gasteiger partial charge in [0.25, 0.3) is 0 Å². The van der Waals surface area contributed by atoms with Crippen LogP contribution in [0.1, 0.15) is 30.5 Å². The van der Waals surface area contributed by atoms with Gasteiger partial charge in [0.05, 0.1) is 0 Å². The molecule has 1 aromatic rings. The van der Waals surface area contributed by atoms with Crippen molar-refractivity contribution in [1.82, 2.24) is 4.90 Å².